The van der Waals surface area contributed by atoms with Crippen LogP contribution in [0, 0.1) is 13.8 Å². The highest BCUT2D eigenvalue weighted by atomic mass is 32.2. The Kier molecular flexibility index (Phi) is 4.51. The van der Waals surface area contributed by atoms with Crippen molar-refractivity contribution >= 4 is 16.1 Å². The van der Waals surface area contributed by atoms with Crippen molar-refractivity contribution in [2.45, 2.75) is 25.7 Å². The molecule has 22 heavy (non-hydrogen) atoms. The van der Waals surface area contributed by atoms with E-state index in [9.17, 15) is 13.2 Å². The molecule has 0 unspecified atom stereocenters. The number of hydrogen-bond acceptors (Lipinski definition) is 5. The molecule has 0 aromatic heterocycles. The summed E-state index contributed by atoms with van der Waals surface area (Å²) < 4.78 is 34.7. The van der Waals surface area contributed by atoms with Crippen LogP contribution in [0.15, 0.2) is 47.4 Å². The molecule has 2 aromatic rings. The molecule has 0 heterocycles. The monoisotopic (exact) mass is 320 g/mol. The van der Waals surface area contributed by atoms with Crippen LogP contribution in [0.1, 0.15) is 18.1 Å². The average molecular weight is 320 g/mol. The standard InChI is InChI=1S/C16H16O5S/c1-11-5-4-6-12(2)16(11)21-22(18,19)15-9-7-14(8-10-15)20-13(3)17/h4-10H,1-3H3. The molecule has 5 nitrogen and oxygen atoms in total. The Labute approximate surface area is 129 Å². The van der Waals surface area contributed by atoms with Gasteiger partial charge in [-0.15, -0.1) is 0 Å². The number of aryl methyl sites for hydroxylation is 2. The number of carbonyl (C=O) groups excluding carboxylic acids is 1. The molecule has 6 heteroatoms. The van der Waals surface area contributed by atoms with Crippen molar-refractivity contribution in [3.63, 3.8) is 0 Å². The molecule has 0 atom stereocenters. The molecule has 0 N–H and O–H groups in total. The van der Waals surface area contributed by atoms with Crippen molar-refractivity contribution in [3.05, 3.63) is 53.6 Å². The van der Waals surface area contributed by atoms with Gasteiger partial charge in [0.15, 0.2) is 0 Å². The Morgan fingerprint density at radius 2 is 1.50 bits per heavy atom. The summed E-state index contributed by atoms with van der Waals surface area (Å²) in [7, 11) is -3.94. The number of esters is 1. The molecular weight excluding hydrogens is 304 g/mol. The first kappa shape index (κ1) is 16.0. The van der Waals surface area contributed by atoms with Gasteiger partial charge in [-0.2, -0.15) is 8.42 Å². The van der Waals surface area contributed by atoms with Gasteiger partial charge in [0.05, 0.1) is 0 Å². The highest BCUT2D eigenvalue weighted by molar-refractivity contribution is 7.87. The molecule has 0 aliphatic heterocycles. The number of para-hydroxylation sites is 1. The van der Waals surface area contributed by atoms with Crippen LogP contribution in [-0.2, 0) is 14.9 Å². The second-order valence-electron chi connectivity index (χ2n) is 4.82. The number of ether oxygens (including phenoxy) is 1. The van der Waals surface area contributed by atoms with Gasteiger partial charge in [-0.25, -0.2) is 0 Å². The van der Waals surface area contributed by atoms with Crippen molar-refractivity contribution < 1.29 is 22.1 Å². The van der Waals surface area contributed by atoms with Crippen molar-refractivity contribution in [3.8, 4) is 11.5 Å². The van der Waals surface area contributed by atoms with E-state index >= 15 is 0 Å². The minimum absolute atomic E-state index is 0.00828. The van der Waals surface area contributed by atoms with Gasteiger partial charge in [0.2, 0.25) is 0 Å². The highest BCUT2D eigenvalue weighted by Gasteiger charge is 2.19. The number of hydrogen-bond donors (Lipinski definition) is 0. The molecule has 0 amide bonds. The lowest BCUT2D eigenvalue weighted by atomic mass is 10.1. The number of benzene rings is 2. The van der Waals surface area contributed by atoms with Crippen LogP contribution in [-0.4, -0.2) is 14.4 Å². The molecule has 0 spiro atoms. The van der Waals surface area contributed by atoms with E-state index in [-0.39, 0.29) is 10.6 Å². The minimum atomic E-state index is -3.94. The fourth-order valence-corrected chi connectivity index (χ4v) is 2.98. The SMILES string of the molecule is CC(=O)Oc1ccc(S(=O)(=O)Oc2c(C)cccc2C)cc1. The minimum Gasteiger partial charge on any atom is -0.427 e. The van der Waals surface area contributed by atoms with Crippen LogP contribution in [0.2, 0.25) is 0 Å². The Morgan fingerprint density at radius 1 is 0.955 bits per heavy atom. The van der Waals surface area contributed by atoms with E-state index in [1.807, 2.05) is 6.07 Å². The third-order valence-corrected chi connectivity index (χ3v) is 4.21. The summed E-state index contributed by atoms with van der Waals surface area (Å²) in [5, 5.41) is 0. The van der Waals surface area contributed by atoms with Crippen molar-refractivity contribution in [2.75, 3.05) is 0 Å². The van der Waals surface area contributed by atoms with E-state index < -0.39 is 16.1 Å². The predicted octanol–water partition coefficient (Wildman–Crippen LogP) is 3.00. The fourth-order valence-electron chi connectivity index (χ4n) is 1.93. The zero-order valence-electron chi connectivity index (χ0n) is 12.5. The van der Waals surface area contributed by atoms with Gasteiger partial charge in [-0.3, -0.25) is 4.79 Å². The lowest BCUT2D eigenvalue weighted by molar-refractivity contribution is -0.131. The van der Waals surface area contributed by atoms with E-state index in [1.165, 1.54) is 31.2 Å². The normalized spacial score (nSPS) is 11.0. The van der Waals surface area contributed by atoms with Gasteiger partial charge in [0, 0.05) is 6.92 Å². The van der Waals surface area contributed by atoms with Gasteiger partial charge in [0.25, 0.3) is 0 Å². The Hall–Kier alpha value is -2.34. The van der Waals surface area contributed by atoms with Crippen LogP contribution in [0.25, 0.3) is 0 Å². The largest absolute Gasteiger partial charge is 0.427 e. The summed E-state index contributed by atoms with van der Waals surface area (Å²) in [6.07, 6.45) is 0. The van der Waals surface area contributed by atoms with Crippen LogP contribution < -0.4 is 8.92 Å². The molecule has 0 radical (unpaired) electrons. The molecule has 0 aliphatic carbocycles. The van der Waals surface area contributed by atoms with Crippen LogP contribution >= 0.6 is 0 Å². The smallest absolute Gasteiger partial charge is 0.339 e. The number of rotatable bonds is 4. The lowest BCUT2D eigenvalue weighted by Gasteiger charge is -2.12. The first-order valence-corrected chi connectivity index (χ1v) is 7.99. The molecule has 2 rings (SSSR count). The fraction of sp³-hybridized carbons (Fsp3) is 0.188. The van der Waals surface area contributed by atoms with Gasteiger partial charge in [0.1, 0.15) is 16.4 Å². The zero-order chi connectivity index (χ0) is 16.3. The average Bonchev–Trinajstić information content (AvgIpc) is 2.43. The summed E-state index contributed by atoms with van der Waals surface area (Å²) in [6.45, 7) is 4.83. The molecule has 116 valence electrons. The van der Waals surface area contributed by atoms with E-state index in [4.69, 9.17) is 8.92 Å². The maximum Gasteiger partial charge on any atom is 0.339 e. The molecule has 2 aromatic carbocycles. The molecule has 0 saturated carbocycles. The molecule has 0 aliphatic rings. The van der Waals surface area contributed by atoms with E-state index in [0.717, 1.165) is 11.1 Å². The summed E-state index contributed by atoms with van der Waals surface area (Å²) in [5.74, 6) is 0.132. The summed E-state index contributed by atoms with van der Waals surface area (Å²) in [6, 6.07) is 10.9. The summed E-state index contributed by atoms with van der Waals surface area (Å²) in [5.41, 5.74) is 1.47. The first-order chi connectivity index (χ1) is 10.3. The summed E-state index contributed by atoms with van der Waals surface area (Å²) >= 11 is 0. The third kappa shape index (κ3) is 3.65. The van der Waals surface area contributed by atoms with Gasteiger partial charge in [-0.05, 0) is 49.2 Å². The molecule has 0 fully saturated rings. The topological polar surface area (TPSA) is 69.7 Å². The van der Waals surface area contributed by atoms with E-state index in [2.05, 4.69) is 0 Å². The maximum absolute atomic E-state index is 12.3. The Balaban J connectivity index is 2.29. The van der Waals surface area contributed by atoms with Crippen LogP contribution in [0.3, 0.4) is 0 Å². The van der Waals surface area contributed by atoms with Crippen molar-refractivity contribution in [2.24, 2.45) is 0 Å². The summed E-state index contributed by atoms with van der Waals surface area (Å²) in [4.78, 5) is 10.8. The second-order valence-corrected chi connectivity index (χ2v) is 6.37. The Bertz CT molecular complexity index is 772. The van der Waals surface area contributed by atoms with Gasteiger partial charge < -0.3 is 8.92 Å². The predicted molar refractivity (Wildman–Crippen MR) is 81.5 cm³/mol. The second kappa shape index (κ2) is 6.19. The van der Waals surface area contributed by atoms with Crippen LogP contribution in [0.4, 0.5) is 0 Å². The van der Waals surface area contributed by atoms with E-state index in [1.54, 1.807) is 26.0 Å². The van der Waals surface area contributed by atoms with E-state index in [0.29, 0.717) is 5.75 Å². The Morgan fingerprint density at radius 3 is 2.00 bits per heavy atom. The van der Waals surface area contributed by atoms with Crippen LogP contribution in [0.5, 0.6) is 11.5 Å². The van der Waals surface area contributed by atoms with Crippen molar-refractivity contribution in [1.82, 2.24) is 0 Å². The molecular formula is C16H16O5S. The van der Waals surface area contributed by atoms with Crippen molar-refractivity contribution in [1.29, 1.82) is 0 Å². The quantitative estimate of drug-likeness (QED) is 0.492. The number of carbonyl (C=O) groups is 1. The lowest BCUT2D eigenvalue weighted by Crippen LogP contribution is -2.11. The molecule has 0 saturated heterocycles. The third-order valence-electron chi connectivity index (χ3n) is 2.98. The molecule has 0 bridgehead atoms. The maximum atomic E-state index is 12.3. The highest BCUT2D eigenvalue weighted by Crippen LogP contribution is 2.27. The van der Waals surface area contributed by atoms with Gasteiger partial charge in [-0.1, -0.05) is 18.2 Å². The van der Waals surface area contributed by atoms with Gasteiger partial charge >= 0.3 is 16.1 Å². The zero-order valence-corrected chi connectivity index (χ0v) is 13.3. The first-order valence-electron chi connectivity index (χ1n) is 6.59.